The second kappa shape index (κ2) is 10.4. The van der Waals surface area contributed by atoms with Gasteiger partial charge in [0.25, 0.3) is 0 Å². The number of amides is 2. The van der Waals surface area contributed by atoms with Crippen LogP contribution >= 0.6 is 22.6 Å². The number of hydrogen-bond donors (Lipinski definition) is 4. The maximum Gasteiger partial charge on any atom is 0.242 e. The highest BCUT2D eigenvalue weighted by atomic mass is 127. The van der Waals surface area contributed by atoms with E-state index in [4.69, 9.17) is 5.73 Å². The third-order valence-electron chi connectivity index (χ3n) is 4.18. The SMILES string of the molecule is C[C@@H](NC(=O)[C@@H](N)Cc1ccc(O)cc1)C(=O)NCC(=O)C1=C(I)C=CC[CH]1. The zero-order chi connectivity index (χ0) is 20.7. The first kappa shape index (κ1) is 22.1. The summed E-state index contributed by atoms with van der Waals surface area (Å²) in [5.74, 6) is -0.968. The van der Waals surface area contributed by atoms with Crippen LogP contribution in [0.1, 0.15) is 18.9 Å². The number of carbonyl (C=O) groups excluding carboxylic acids is 3. The van der Waals surface area contributed by atoms with E-state index in [1.165, 1.54) is 19.1 Å². The van der Waals surface area contributed by atoms with Crippen LogP contribution in [0, 0.1) is 6.42 Å². The van der Waals surface area contributed by atoms with E-state index in [1.807, 2.05) is 18.6 Å². The molecule has 149 valence electrons. The second-order valence-electron chi connectivity index (χ2n) is 6.45. The van der Waals surface area contributed by atoms with E-state index < -0.39 is 23.9 Å². The van der Waals surface area contributed by atoms with Crippen molar-refractivity contribution in [3.05, 3.63) is 57.6 Å². The number of allylic oxidation sites excluding steroid dienone is 3. The fraction of sp³-hybridized carbons (Fsp3) is 0.300. The quantitative estimate of drug-likeness (QED) is 0.405. The largest absolute Gasteiger partial charge is 0.508 e. The minimum absolute atomic E-state index is 0.133. The molecule has 0 saturated heterocycles. The standard InChI is InChI=1S/C20H23IN3O4/c1-12(19(27)23-11-18(26)15-4-2-3-5-16(15)21)24-20(28)17(22)10-13-6-8-14(25)9-7-13/h3-9,12,17,25H,2,10-11,22H2,1H3,(H,23,27)(H,24,28)/t12-,17+/m1/s1. The van der Waals surface area contributed by atoms with Crippen molar-refractivity contribution in [1.82, 2.24) is 10.6 Å². The normalized spacial score (nSPS) is 15.7. The molecule has 2 amide bonds. The van der Waals surface area contributed by atoms with Crippen LogP contribution in [0.25, 0.3) is 0 Å². The third kappa shape index (κ3) is 6.45. The van der Waals surface area contributed by atoms with Crippen LogP contribution in [0.4, 0.5) is 0 Å². The Bertz CT molecular complexity index is 802. The minimum atomic E-state index is -0.836. The van der Waals surface area contributed by atoms with Gasteiger partial charge >= 0.3 is 0 Å². The summed E-state index contributed by atoms with van der Waals surface area (Å²) >= 11 is 2.08. The number of Topliss-reactive ketones (excluding diaryl/α,β-unsaturated/α-hetero) is 1. The van der Waals surface area contributed by atoms with Crippen LogP contribution in [0.2, 0.25) is 0 Å². The van der Waals surface area contributed by atoms with Crippen molar-refractivity contribution >= 4 is 40.2 Å². The molecule has 0 saturated carbocycles. The van der Waals surface area contributed by atoms with Crippen LogP contribution in [-0.4, -0.2) is 41.3 Å². The number of phenolic OH excluding ortho intramolecular Hbond substituents is 1. The third-order valence-corrected chi connectivity index (χ3v) is 5.12. The molecule has 28 heavy (non-hydrogen) atoms. The summed E-state index contributed by atoms with van der Waals surface area (Å²) in [5, 5.41) is 14.4. The second-order valence-corrected chi connectivity index (χ2v) is 7.61. The summed E-state index contributed by atoms with van der Waals surface area (Å²) in [5.41, 5.74) is 7.28. The van der Waals surface area contributed by atoms with Crippen LogP contribution in [0.15, 0.2) is 45.6 Å². The van der Waals surface area contributed by atoms with Crippen molar-refractivity contribution in [2.45, 2.75) is 31.8 Å². The van der Waals surface area contributed by atoms with Gasteiger partial charge in [0.15, 0.2) is 5.78 Å². The first-order valence-electron chi connectivity index (χ1n) is 8.82. The highest BCUT2D eigenvalue weighted by molar-refractivity contribution is 14.1. The molecule has 0 fully saturated rings. The number of phenols is 1. The summed E-state index contributed by atoms with van der Waals surface area (Å²) in [4.78, 5) is 36.6. The summed E-state index contributed by atoms with van der Waals surface area (Å²) < 4.78 is 0.838. The summed E-state index contributed by atoms with van der Waals surface area (Å²) in [6.07, 6.45) is 6.61. The van der Waals surface area contributed by atoms with Crippen LogP contribution in [0.3, 0.4) is 0 Å². The Kier molecular flexibility index (Phi) is 8.18. The molecule has 0 heterocycles. The van der Waals surface area contributed by atoms with Gasteiger partial charge in [-0.15, -0.1) is 0 Å². The number of hydrogen-bond acceptors (Lipinski definition) is 5. The van der Waals surface area contributed by atoms with E-state index >= 15 is 0 Å². The molecule has 1 aromatic rings. The van der Waals surface area contributed by atoms with Gasteiger partial charge in [0, 0.05) is 9.15 Å². The zero-order valence-corrected chi connectivity index (χ0v) is 17.6. The Morgan fingerprint density at radius 3 is 2.54 bits per heavy atom. The van der Waals surface area contributed by atoms with Crippen molar-refractivity contribution in [1.29, 1.82) is 0 Å². The predicted molar refractivity (Wildman–Crippen MR) is 115 cm³/mol. The van der Waals surface area contributed by atoms with Gasteiger partial charge in [0.05, 0.1) is 12.6 Å². The molecule has 2 rings (SSSR count). The Balaban J connectivity index is 1.80. The lowest BCUT2D eigenvalue weighted by atomic mass is 10.0. The number of carbonyl (C=O) groups is 3. The summed E-state index contributed by atoms with van der Waals surface area (Å²) in [6, 6.07) is 4.73. The van der Waals surface area contributed by atoms with Crippen molar-refractivity contribution in [2.75, 3.05) is 6.54 Å². The predicted octanol–water partition coefficient (Wildman–Crippen LogP) is 1.31. The van der Waals surface area contributed by atoms with Crippen LogP contribution in [-0.2, 0) is 20.8 Å². The van der Waals surface area contributed by atoms with E-state index in [9.17, 15) is 19.5 Å². The van der Waals surface area contributed by atoms with Crippen molar-refractivity contribution in [3.63, 3.8) is 0 Å². The number of nitrogens with two attached hydrogens (primary N) is 1. The lowest BCUT2D eigenvalue weighted by Gasteiger charge is -2.18. The highest BCUT2D eigenvalue weighted by Gasteiger charge is 2.22. The molecule has 1 radical (unpaired) electrons. The number of halogens is 1. The van der Waals surface area contributed by atoms with Gasteiger partial charge in [-0.25, -0.2) is 0 Å². The van der Waals surface area contributed by atoms with Crippen molar-refractivity contribution in [2.24, 2.45) is 5.73 Å². The lowest BCUT2D eigenvalue weighted by molar-refractivity contribution is -0.129. The fourth-order valence-corrected chi connectivity index (χ4v) is 3.35. The van der Waals surface area contributed by atoms with Gasteiger partial charge in [-0.2, -0.15) is 0 Å². The molecule has 0 bridgehead atoms. The maximum atomic E-state index is 12.2. The van der Waals surface area contributed by atoms with E-state index in [1.54, 1.807) is 12.1 Å². The van der Waals surface area contributed by atoms with Gasteiger partial charge in [-0.05, 0) is 66.5 Å². The molecule has 5 N–H and O–H groups in total. The van der Waals surface area contributed by atoms with Gasteiger partial charge in [-0.1, -0.05) is 24.3 Å². The van der Waals surface area contributed by atoms with E-state index in [2.05, 4.69) is 33.2 Å². The van der Waals surface area contributed by atoms with Gasteiger partial charge in [0.2, 0.25) is 11.8 Å². The van der Waals surface area contributed by atoms with E-state index in [0.29, 0.717) is 12.0 Å². The first-order chi connectivity index (χ1) is 13.3. The van der Waals surface area contributed by atoms with Crippen molar-refractivity contribution in [3.8, 4) is 5.75 Å². The molecule has 1 aliphatic rings. The lowest BCUT2D eigenvalue weighted by Crippen LogP contribution is -2.51. The molecule has 0 spiro atoms. The number of aromatic hydroxyl groups is 1. The number of ketones is 1. The summed E-state index contributed by atoms with van der Waals surface area (Å²) in [7, 11) is 0. The maximum absolute atomic E-state index is 12.2. The topological polar surface area (TPSA) is 122 Å². The van der Waals surface area contributed by atoms with Gasteiger partial charge < -0.3 is 21.5 Å². The molecule has 2 atom stereocenters. The minimum Gasteiger partial charge on any atom is -0.508 e. The van der Waals surface area contributed by atoms with Gasteiger partial charge in [0.1, 0.15) is 11.8 Å². The average Bonchev–Trinajstić information content (AvgIpc) is 2.67. The van der Waals surface area contributed by atoms with Crippen molar-refractivity contribution < 1.29 is 19.5 Å². The Morgan fingerprint density at radius 2 is 1.89 bits per heavy atom. The Labute approximate surface area is 177 Å². The molecule has 1 aromatic carbocycles. The Morgan fingerprint density at radius 1 is 1.21 bits per heavy atom. The van der Waals surface area contributed by atoms with E-state index in [0.717, 1.165) is 9.14 Å². The van der Waals surface area contributed by atoms with Crippen LogP contribution < -0.4 is 16.4 Å². The van der Waals surface area contributed by atoms with E-state index in [-0.39, 0.29) is 24.5 Å². The van der Waals surface area contributed by atoms with Crippen LogP contribution in [0.5, 0.6) is 5.75 Å². The average molecular weight is 496 g/mol. The molecular formula is C20H23IN3O4. The number of nitrogens with one attached hydrogen (secondary N) is 2. The monoisotopic (exact) mass is 496 g/mol. The molecule has 7 nitrogen and oxygen atoms in total. The Hall–Kier alpha value is -2.20. The molecule has 0 aromatic heterocycles. The molecule has 8 heteroatoms. The first-order valence-corrected chi connectivity index (χ1v) is 9.90. The molecule has 0 aliphatic heterocycles. The van der Waals surface area contributed by atoms with Gasteiger partial charge in [-0.3, -0.25) is 14.4 Å². The summed E-state index contributed by atoms with van der Waals surface area (Å²) in [6.45, 7) is 1.40. The molecule has 1 aliphatic carbocycles. The number of benzene rings is 1. The number of rotatable bonds is 8. The zero-order valence-electron chi connectivity index (χ0n) is 15.4. The smallest absolute Gasteiger partial charge is 0.242 e. The molecule has 0 unspecified atom stereocenters. The molecular weight excluding hydrogens is 473 g/mol. The highest BCUT2D eigenvalue weighted by Crippen LogP contribution is 2.23. The fourth-order valence-electron chi connectivity index (χ4n) is 2.57.